The van der Waals surface area contributed by atoms with Crippen LogP contribution in [0.25, 0.3) is 10.9 Å². The first-order valence-electron chi connectivity index (χ1n) is 9.22. The second-order valence-electron chi connectivity index (χ2n) is 7.78. The second kappa shape index (κ2) is 5.50. The van der Waals surface area contributed by atoms with Gasteiger partial charge in [-0.2, -0.15) is 0 Å². The molecule has 1 atom stereocenters. The largest absolute Gasteiger partial charge is 0.497 e. The van der Waals surface area contributed by atoms with Crippen molar-refractivity contribution in [2.75, 3.05) is 18.6 Å². The molecule has 132 valence electrons. The summed E-state index contributed by atoms with van der Waals surface area (Å²) in [6.45, 7) is 2.49. The Kier molecular flexibility index (Phi) is 3.56. The minimum Gasteiger partial charge on any atom is -0.497 e. The molecule has 4 heteroatoms. The van der Waals surface area contributed by atoms with Crippen LogP contribution in [0.2, 0.25) is 0 Å². The van der Waals surface area contributed by atoms with Crippen LogP contribution in [-0.2, 0) is 18.9 Å². The first-order valence-corrected chi connectivity index (χ1v) is 11.2. The lowest BCUT2D eigenvalue weighted by Crippen LogP contribution is -2.38. The zero-order valence-electron chi connectivity index (χ0n) is 15.2. The van der Waals surface area contributed by atoms with Crippen molar-refractivity contribution in [2.45, 2.75) is 42.1 Å². The van der Waals surface area contributed by atoms with Crippen molar-refractivity contribution < 1.29 is 4.74 Å². The number of hydrogen-bond donors (Lipinski definition) is 0. The Morgan fingerprint density at radius 3 is 2.68 bits per heavy atom. The molecule has 1 aromatic heterocycles. The Labute approximate surface area is 158 Å². The highest BCUT2D eigenvalue weighted by Gasteiger charge is 2.47. The molecule has 1 unspecified atom stereocenters. The maximum atomic E-state index is 5.47. The first-order chi connectivity index (χ1) is 12.1. The molecule has 1 spiro atoms. The third-order valence-electron chi connectivity index (χ3n) is 6.53. The molecule has 1 aliphatic heterocycles. The summed E-state index contributed by atoms with van der Waals surface area (Å²) in [5.74, 6) is 3.57. The van der Waals surface area contributed by atoms with Gasteiger partial charge in [0.2, 0.25) is 0 Å². The van der Waals surface area contributed by atoms with E-state index in [0.29, 0.717) is 4.08 Å². The van der Waals surface area contributed by atoms with E-state index in [4.69, 9.17) is 4.74 Å². The van der Waals surface area contributed by atoms with Crippen molar-refractivity contribution in [3.63, 3.8) is 0 Å². The molecule has 0 radical (unpaired) electrons. The predicted octanol–water partition coefficient (Wildman–Crippen LogP) is 5.29. The number of allylic oxidation sites excluding steroid dienone is 1. The summed E-state index contributed by atoms with van der Waals surface area (Å²) in [6.07, 6.45) is 7.63. The number of nitrogens with zero attached hydrogens (tertiary/aromatic N) is 1. The molecular weight excluding hydrogens is 346 g/mol. The number of hydrogen-bond acceptors (Lipinski definition) is 3. The van der Waals surface area contributed by atoms with Crippen molar-refractivity contribution in [3.05, 3.63) is 41.1 Å². The smallest absolute Gasteiger partial charge is 0.120 e. The zero-order valence-corrected chi connectivity index (χ0v) is 16.9. The first kappa shape index (κ1) is 16.2. The molecule has 2 nitrogen and oxygen atoms in total. The molecule has 1 aromatic carbocycles. The van der Waals surface area contributed by atoms with Gasteiger partial charge in [-0.15, -0.1) is 23.5 Å². The summed E-state index contributed by atoms with van der Waals surface area (Å²) in [7, 11) is 4.00. The van der Waals surface area contributed by atoms with Crippen molar-refractivity contribution in [2.24, 2.45) is 7.05 Å². The highest BCUT2D eigenvalue weighted by Crippen LogP contribution is 2.58. The van der Waals surface area contributed by atoms with Gasteiger partial charge in [0.15, 0.2) is 0 Å². The monoisotopic (exact) mass is 371 g/mol. The second-order valence-corrected chi connectivity index (χ2v) is 10.9. The van der Waals surface area contributed by atoms with Gasteiger partial charge in [0, 0.05) is 41.1 Å². The summed E-state index contributed by atoms with van der Waals surface area (Å²) in [4.78, 5) is 0. The van der Waals surface area contributed by atoms with Crippen molar-refractivity contribution in [3.8, 4) is 5.75 Å². The Morgan fingerprint density at radius 1 is 1.12 bits per heavy atom. The molecule has 0 bridgehead atoms. The fourth-order valence-corrected chi connectivity index (χ4v) is 8.37. The highest BCUT2D eigenvalue weighted by atomic mass is 32.2. The van der Waals surface area contributed by atoms with Gasteiger partial charge in [0.25, 0.3) is 0 Å². The molecule has 25 heavy (non-hydrogen) atoms. The van der Waals surface area contributed by atoms with E-state index in [-0.39, 0.29) is 5.41 Å². The molecule has 0 amide bonds. The van der Waals surface area contributed by atoms with E-state index in [1.54, 1.807) is 23.9 Å². The number of aromatic nitrogens is 1. The van der Waals surface area contributed by atoms with Crippen LogP contribution in [0.1, 0.15) is 37.4 Å². The summed E-state index contributed by atoms with van der Waals surface area (Å²) in [5, 5.41) is 1.42. The topological polar surface area (TPSA) is 14.2 Å². The Hall–Kier alpha value is -1.000. The van der Waals surface area contributed by atoms with Crippen LogP contribution >= 0.6 is 23.5 Å². The minimum atomic E-state index is 0.198. The van der Waals surface area contributed by atoms with E-state index < -0.39 is 0 Å². The molecule has 2 aromatic rings. The SMILES string of the molecule is COc1ccc2c3c(n(C)c2c1)C1(C)CCC2(C=C1CC3)SCCS2. The van der Waals surface area contributed by atoms with Crippen LogP contribution in [-0.4, -0.2) is 27.3 Å². The third kappa shape index (κ3) is 2.19. The molecule has 5 rings (SSSR count). The maximum absolute atomic E-state index is 5.47. The molecule has 0 saturated carbocycles. The van der Waals surface area contributed by atoms with E-state index in [2.05, 4.69) is 66.3 Å². The lowest BCUT2D eigenvalue weighted by atomic mass is 9.65. The maximum Gasteiger partial charge on any atom is 0.120 e. The van der Waals surface area contributed by atoms with E-state index >= 15 is 0 Å². The number of methoxy groups -OCH3 is 1. The van der Waals surface area contributed by atoms with Crippen molar-refractivity contribution >= 4 is 34.4 Å². The van der Waals surface area contributed by atoms with E-state index in [1.807, 2.05) is 0 Å². The van der Waals surface area contributed by atoms with E-state index in [1.165, 1.54) is 48.1 Å². The molecule has 1 fully saturated rings. The standard InChI is InChI=1S/C21H25NOS2/c1-20-8-9-21(24-10-11-25-21)13-14(20)4-6-17-16-7-5-15(23-3)12-18(16)22(2)19(17)20/h5,7,12-13H,4,6,8-11H2,1-3H3. The number of aryl methyl sites for hydroxylation is 2. The van der Waals surface area contributed by atoms with Gasteiger partial charge in [-0.1, -0.05) is 18.6 Å². The van der Waals surface area contributed by atoms with Crippen molar-refractivity contribution in [1.29, 1.82) is 0 Å². The lowest BCUT2D eigenvalue weighted by Gasteiger charge is -2.45. The summed E-state index contributed by atoms with van der Waals surface area (Å²) < 4.78 is 8.30. The normalized spacial score (nSPS) is 27.2. The molecular formula is C21H25NOS2. The zero-order chi connectivity index (χ0) is 17.2. The lowest BCUT2D eigenvalue weighted by molar-refractivity contribution is 0.407. The van der Waals surface area contributed by atoms with E-state index in [9.17, 15) is 0 Å². The fourth-order valence-electron chi connectivity index (χ4n) is 5.24. The van der Waals surface area contributed by atoms with Gasteiger partial charge in [-0.25, -0.2) is 0 Å². The molecule has 2 aliphatic carbocycles. The average molecular weight is 372 g/mol. The third-order valence-corrected chi connectivity index (χ3v) is 9.94. The van der Waals surface area contributed by atoms with Gasteiger partial charge >= 0.3 is 0 Å². The molecule has 0 N–H and O–H groups in total. The van der Waals surface area contributed by atoms with Crippen LogP contribution in [0.5, 0.6) is 5.75 Å². The van der Waals surface area contributed by atoms with Gasteiger partial charge in [-0.3, -0.25) is 0 Å². The summed E-state index contributed by atoms with van der Waals surface area (Å²) in [6, 6.07) is 6.57. The number of thioether (sulfide) groups is 2. The number of rotatable bonds is 1. The Bertz CT molecular complexity index is 891. The van der Waals surface area contributed by atoms with Gasteiger partial charge in [0.1, 0.15) is 5.75 Å². The molecule has 3 aliphatic rings. The minimum absolute atomic E-state index is 0.198. The van der Waals surface area contributed by atoms with Crippen LogP contribution < -0.4 is 4.74 Å². The number of fused-ring (bicyclic) bond motifs is 5. The summed E-state index contributed by atoms with van der Waals surface area (Å²) in [5.41, 5.74) is 6.32. The Morgan fingerprint density at radius 2 is 1.92 bits per heavy atom. The molecule has 2 heterocycles. The van der Waals surface area contributed by atoms with Gasteiger partial charge in [0.05, 0.1) is 16.7 Å². The quantitative estimate of drug-likeness (QED) is 0.633. The predicted molar refractivity (Wildman–Crippen MR) is 110 cm³/mol. The van der Waals surface area contributed by atoms with Crippen LogP contribution in [0, 0.1) is 0 Å². The van der Waals surface area contributed by atoms with E-state index in [0.717, 1.165) is 5.75 Å². The van der Waals surface area contributed by atoms with Crippen molar-refractivity contribution in [1.82, 2.24) is 4.57 Å². The average Bonchev–Trinajstić information content (AvgIpc) is 3.19. The molecule has 1 saturated heterocycles. The van der Waals surface area contributed by atoms with Gasteiger partial charge < -0.3 is 9.30 Å². The van der Waals surface area contributed by atoms with Gasteiger partial charge in [-0.05, 0) is 43.4 Å². The number of benzene rings is 1. The van der Waals surface area contributed by atoms with Crippen LogP contribution in [0.4, 0.5) is 0 Å². The highest BCUT2D eigenvalue weighted by molar-refractivity contribution is 8.21. The van der Waals surface area contributed by atoms with Crippen LogP contribution in [0.15, 0.2) is 29.8 Å². The Balaban J connectivity index is 1.70. The summed E-state index contributed by atoms with van der Waals surface area (Å²) >= 11 is 4.36. The van der Waals surface area contributed by atoms with Crippen LogP contribution in [0.3, 0.4) is 0 Å². The fraction of sp³-hybridized carbons (Fsp3) is 0.524. The number of ether oxygens (including phenoxy) is 1.